The number of thioether (sulfide) groups is 1. The van der Waals surface area contributed by atoms with Crippen LogP contribution in [0.15, 0.2) is 63.9 Å². The second-order valence-corrected chi connectivity index (χ2v) is 6.26. The van der Waals surface area contributed by atoms with Crippen LogP contribution in [0.3, 0.4) is 0 Å². The molecule has 0 aliphatic heterocycles. The summed E-state index contributed by atoms with van der Waals surface area (Å²) < 4.78 is 14.9. The molecule has 0 aliphatic carbocycles. The van der Waals surface area contributed by atoms with Gasteiger partial charge in [-0.15, -0.1) is 11.8 Å². The first kappa shape index (κ1) is 17.1. The lowest BCUT2D eigenvalue weighted by atomic mass is 10.1. The monoisotopic (exact) mass is 356 g/mol. The molecule has 0 atom stereocenters. The van der Waals surface area contributed by atoms with Gasteiger partial charge in [0.05, 0.1) is 12.9 Å². The van der Waals surface area contributed by atoms with Gasteiger partial charge in [0.1, 0.15) is 12.4 Å². The van der Waals surface area contributed by atoms with Crippen molar-refractivity contribution in [2.75, 3.05) is 12.9 Å². The van der Waals surface area contributed by atoms with Crippen LogP contribution >= 0.6 is 11.8 Å². The summed E-state index contributed by atoms with van der Waals surface area (Å²) in [5, 5.41) is 2.29. The number of furan rings is 1. The zero-order valence-corrected chi connectivity index (χ0v) is 14.4. The van der Waals surface area contributed by atoms with E-state index >= 15 is 0 Å². The third kappa shape index (κ3) is 4.42. The van der Waals surface area contributed by atoms with Crippen LogP contribution < -0.4 is 0 Å². The Hall–Kier alpha value is -2.73. The minimum absolute atomic E-state index is 0.0197. The number of hydrogen-bond donors (Lipinski definition) is 0. The van der Waals surface area contributed by atoms with Crippen LogP contribution in [0, 0.1) is 0 Å². The van der Waals surface area contributed by atoms with E-state index in [1.54, 1.807) is 6.07 Å². The highest BCUT2D eigenvalue weighted by molar-refractivity contribution is 8.00. The van der Waals surface area contributed by atoms with Crippen molar-refractivity contribution in [1.82, 2.24) is 0 Å². The van der Waals surface area contributed by atoms with Gasteiger partial charge in [-0.1, -0.05) is 30.3 Å². The lowest BCUT2D eigenvalue weighted by molar-refractivity contribution is -0.142. The summed E-state index contributed by atoms with van der Waals surface area (Å²) in [6.45, 7) is -0.0197. The standard InChI is InChI=1S/C19H16O5S/c1-22-19(21)17-9-7-15(24-17)11-23-18(20)12-25-16-8-6-13-4-2-3-5-14(13)10-16/h2-10H,11-12H2,1H3. The molecule has 0 amide bonds. The number of ether oxygens (including phenoxy) is 2. The third-order valence-corrected chi connectivity index (χ3v) is 4.47. The first-order chi connectivity index (χ1) is 12.2. The molecule has 0 saturated carbocycles. The van der Waals surface area contributed by atoms with E-state index in [0.717, 1.165) is 15.7 Å². The molecule has 3 aromatic rings. The van der Waals surface area contributed by atoms with Gasteiger partial charge in [0.2, 0.25) is 5.76 Å². The van der Waals surface area contributed by atoms with E-state index in [1.807, 2.05) is 42.5 Å². The number of esters is 2. The predicted molar refractivity (Wildman–Crippen MR) is 94.5 cm³/mol. The minimum atomic E-state index is -0.565. The van der Waals surface area contributed by atoms with Crippen LogP contribution in [0.2, 0.25) is 0 Å². The molecule has 0 radical (unpaired) electrons. The quantitative estimate of drug-likeness (QED) is 0.490. The van der Waals surface area contributed by atoms with Gasteiger partial charge < -0.3 is 13.9 Å². The lowest BCUT2D eigenvalue weighted by Gasteiger charge is -2.04. The number of methoxy groups -OCH3 is 1. The maximum Gasteiger partial charge on any atom is 0.373 e. The molecule has 5 nitrogen and oxygen atoms in total. The van der Waals surface area contributed by atoms with Crippen LogP contribution in [-0.2, 0) is 20.9 Å². The Morgan fingerprint density at radius 3 is 2.64 bits per heavy atom. The van der Waals surface area contributed by atoms with Gasteiger partial charge in [0, 0.05) is 4.90 Å². The highest BCUT2D eigenvalue weighted by atomic mass is 32.2. The number of fused-ring (bicyclic) bond motifs is 1. The van der Waals surface area contributed by atoms with Crippen molar-refractivity contribution in [3.63, 3.8) is 0 Å². The van der Waals surface area contributed by atoms with E-state index in [1.165, 1.54) is 24.9 Å². The van der Waals surface area contributed by atoms with Crippen molar-refractivity contribution in [2.24, 2.45) is 0 Å². The maximum atomic E-state index is 11.9. The predicted octanol–water partition coefficient (Wildman–Crippen LogP) is 4.05. The van der Waals surface area contributed by atoms with Crippen molar-refractivity contribution in [3.05, 3.63) is 66.1 Å². The molecule has 0 saturated heterocycles. The fourth-order valence-corrected chi connectivity index (χ4v) is 3.00. The van der Waals surface area contributed by atoms with Gasteiger partial charge in [-0.3, -0.25) is 4.79 Å². The number of rotatable bonds is 6. The van der Waals surface area contributed by atoms with E-state index in [2.05, 4.69) is 4.74 Å². The smallest absolute Gasteiger partial charge is 0.373 e. The molecule has 128 valence electrons. The summed E-state index contributed by atoms with van der Waals surface area (Å²) in [5.74, 6) is -0.245. The first-order valence-electron chi connectivity index (χ1n) is 7.60. The summed E-state index contributed by atoms with van der Waals surface area (Å²) in [7, 11) is 1.27. The highest BCUT2D eigenvalue weighted by Crippen LogP contribution is 2.23. The molecule has 0 aliphatic rings. The Labute approximate surface area is 148 Å². The number of carbonyl (C=O) groups excluding carboxylic acids is 2. The van der Waals surface area contributed by atoms with Crippen molar-refractivity contribution >= 4 is 34.5 Å². The molecular formula is C19H16O5S. The molecule has 0 bridgehead atoms. The molecular weight excluding hydrogens is 340 g/mol. The van der Waals surface area contributed by atoms with E-state index in [0.29, 0.717) is 5.76 Å². The first-order valence-corrected chi connectivity index (χ1v) is 8.58. The largest absolute Gasteiger partial charge is 0.463 e. The second kappa shape index (κ2) is 7.90. The fraction of sp³-hybridized carbons (Fsp3) is 0.158. The normalized spacial score (nSPS) is 10.6. The molecule has 0 fully saturated rings. The fourth-order valence-electron chi connectivity index (χ4n) is 2.26. The number of benzene rings is 2. The summed E-state index contributed by atoms with van der Waals surface area (Å²) in [6, 6.07) is 17.2. The van der Waals surface area contributed by atoms with Gasteiger partial charge in [0.25, 0.3) is 0 Å². The second-order valence-electron chi connectivity index (χ2n) is 5.22. The van der Waals surface area contributed by atoms with Crippen LogP contribution in [0.4, 0.5) is 0 Å². The molecule has 3 rings (SSSR count). The molecule has 1 heterocycles. The lowest BCUT2D eigenvalue weighted by Crippen LogP contribution is -2.07. The molecule has 1 aromatic heterocycles. The van der Waals surface area contributed by atoms with Crippen LogP contribution in [-0.4, -0.2) is 24.8 Å². The van der Waals surface area contributed by atoms with E-state index in [4.69, 9.17) is 9.15 Å². The Balaban J connectivity index is 1.50. The van der Waals surface area contributed by atoms with Crippen molar-refractivity contribution in [3.8, 4) is 0 Å². The average molecular weight is 356 g/mol. The van der Waals surface area contributed by atoms with Crippen LogP contribution in [0.1, 0.15) is 16.3 Å². The Morgan fingerprint density at radius 1 is 1.04 bits per heavy atom. The molecule has 0 spiro atoms. The summed E-state index contributed by atoms with van der Waals surface area (Å²) >= 11 is 1.41. The molecule has 6 heteroatoms. The zero-order chi connectivity index (χ0) is 17.6. The molecule has 25 heavy (non-hydrogen) atoms. The summed E-state index contributed by atoms with van der Waals surface area (Å²) in [6.07, 6.45) is 0. The van der Waals surface area contributed by atoms with Gasteiger partial charge >= 0.3 is 11.9 Å². The van der Waals surface area contributed by atoms with E-state index < -0.39 is 5.97 Å². The topological polar surface area (TPSA) is 65.7 Å². The van der Waals surface area contributed by atoms with Crippen LogP contribution in [0.25, 0.3) is 10.8 Å². The van der Waals surface area contributed by atoms with Crippen molar-refractivity contribution in [2.45, 2.75) is 11.5 Å². The van der Waals surface area contributed by atoms with E-state index in [-0.39, 0.29) is 24.1 Å². The molecule has 0 unspecified atom stereocenters. The Kier molecular flexibility index (Phi) is 5.40. The van der Waals surface area contributed by atoms with Crippen molar-refractivity contribution in [1.29, 1.82) is 0 Å². The average Bonchev–Trinajstić information content (AvgIpc) is 3.13. The highest BCUT2D eigenvalue weighted by Gasteiger charge is 2.12. The third-order valence-electron chi connectivity index (χ3n) is 3.50. The Bertz CT molecular complexity index is 899. The Morgan fingerprint density at radius 2 is 1.84 bits per heavy atom. The SMILES string of the molecule is COC(=O)c1ccc(COC(=O)CSc2ccc3ccccc3c2)o1. The van der Waals surface area contributed by atoms with Gasteiger partial charge in [-0.05, 0) is 35.0 Å². The maximum absolute atomic E-state index is 11.9. The van der Waals surface area contributed by atoms with Gasteiger partial charge in [0.15, 0.2) is 0 Å². The van der Waals surface area contributed by atoms with Crippen LogP contribution in [0.5, 0.6) is 0 Å². The molecule has 2 aromatic carbocycles. The van der Waals surface area contributed by atoms with E-state index in [9.17, 15) is 9.59 Å². The number of hydrogen-bond acceptors (Lipinski definition) is 6. The zero-order valence-electron chi connectivity index (χ0n) is 13.6. The van der Waals surface area contributed by atoms with Gasteiger partial charge in [-0.2, -0.15) is 0 Å². The molecule has 0 N–H and O–H groups in total. The van der Waals surface area contributed by atoms with Gasteiger partial charge in [-0.25, -0.2) is 4.79 Å². The number of carbonyl (C=O) groups is 2. The minimum Gasteiger partial charge on any atom is -0.463 e. The summed E-state index contributed by atoms with van der Waals surface area (Å²) in [5.41, 5.74) is 0. The van der Waals surface area contributed by atoms with Crippen molar-refractivity contribution < 1.29 is 23.5 Å². The summed E-state index contributed by atoms with van der Waals surface area (Å²) in [4.78, 5) is 24.2.